The van der Waals surface area contributed by atoms with Crippen molar-refractivity contribution in [3.63, 3.8) is 0 Å². The van der Waals surface area contributed by atoms with Crippen molar-refractivity contribution in [2.24, 2.45) is 0 Å². The van der Waals surface area contributed by atoms with E-state index in [-0.39, 0.29) is 12.0 Å². The van der Waals surface area contributed by atoms with E-state index in [0.29, 0.717) is 18.7 Å². The fraction of sp³-hybridized carbons (Fsp3) is 0.250. The zero-order valence-corrected chi connectivity index (χ0v) is 11.7. The molecule has 1 aliphatic heterocycles. The van der Waals surface area contributed by atoms with Crippen LogP contribution in [0.25, 0.3) is 0 Å². The molecule has 1 aromatic heterocycles. The van der Waals surface area contributed by atoms with Crippen LogP contribution in [0.5, 0.6) is 5.75 Å². The van der Waals surface area contributed by atoms with E-state index >= 15 is 0 Å². The molecule has 0 radical (unpaired) electrons. The molecule has 3 rings (SSSR count). The first kappa shape index (κ1) is 13.6. The number of esters is 1. The molecule has 5 heteroatoms. The van der Waals surface area contributed by atoms with Gasteiger partial charge in [-0.15, -0.1) is 0 Å². The van der Waals surface area contributed by atoms with Crippen molar-refractivity contribution in [3.05, 3.63) is 59.4 Å². The van der Waals surface area contributed by atoms with E-state index in [1.54, 1.807) is 6.07 Å². The number of ether oxygens (including phenoxy) is 2. The second kappa shape index (κ2) is 5.93. The Labute approximate surface area is 122 Å². The first-order chi connectivity index (χ1) is 10.3. The van der Waals surface area contributed by atoms with Crippen LogP contribution >= 0.6 is 0 Å². The van der Waals surface area contributed by atoms with Crippen molar-refractivity contribution in [1.29, 1.82) is 0 Å². The van der Waals surface area contributed by atoms with Gasteiger partial charge in [0, 0.05) is 18.3 Å². The van der Waals surface area contributed by atoms with E-state index in [2.05, 4.69) is 21.1 Å². The van der Waals surface area contributed by atoms with Crippen molar-refractivity contribution in [2.45, 2.75) is 12.6 Å². The highest BCUT2D eigenvalue weighted by Crippen LogP contribution is 2.31. The van der Waals surface area contributed by atoms with E-state index in [1.165, 1.54) is 18.9 Å². The second-order valence-electron chi connectivity index (χ2n) is 4.81. The van der Waals surface area contributed by atoms with Gasteiger partial charge in [-0.3, -0.25) is 4.98 Å². The summed E-state index contributed by atoms with van der Waals surface area (Å²) < 4.78 is 10.3. The number of pyridine rings is 1. The van der Waals surface area contributed by atoms with Crippen molar-refractivity contribution in [3.8, 4) is 5.75 Å². The van der Waals surface area contributed by atoms with Gasteiger partial charge in [-0.25, -0.2) is 4.79 Å². The SMILES string of the molecule is COC(=O)c1ccc(CNC2COc3ccccc32)nc1. The summed E-state index contributed by atoms with van der Waals surface area (Å²) in [6, 6.07) is 11.7. The summed E-state index contributed by atoms with van der Waals surface area (Å²) in [5.74, 6) is 0.559. The average Bonchev–Trinajstić information content (AvgIpc) is 2.96. The Kier molecular flexibility index (Phi) is 3.83. The molecule has 5 nitrogen and oxygen atoms in total. The average molecular weight is 284 g/mol. The molecule has 1 unspecified atom stereocenters. The topological polar surface area (TPSA) is 60.5 Å². The molecule has 0 amide bonds. The molecular formula is C16H16N2O3. The molecule has 108 valence electrons. The summed E-state index contributed by atoms with van der Waals surface area (Å²) in [6.07, 6.45) is 1.53. The van der Waals surface area contributed by atoms with Gasteiger partial charge < -0.3 is 14.8 Å². The number of hydrogen-bond donors (Lipinski definition) is 1. The van der Waals surface area contributed by atoms with E-state index in [4.69, 9.17) is 4.74 Å². The van der Waals surface area contributed by atoms with Gasteiger partial charge in [0.15, 0.2) is 0 Å². The lowest BCUT2D eigenvalue weighted by Crippen LogP contribution is -2.22. The van der Waals surface area contributed by atoms with Crippen LogP contribution in [-0.4, -0.2) is 24.7 Å². The minimum atomic E-state index is -0.375. The molecule has 0 fully saturated rings. The maximum absolute atomic E-state index is 11.3. The monoisotopic (exact) mass is 284 g/mol. The van der Waals surface area contributed by atoms with Crippen molar-refractivity contribution in [1.82, 2.24) is 10.3 Å². The van der Waals surface area contributed by atoms with Gasteiger partial charge in [-0.05, 0) is 18.2 Å². The summed E-state index contributed by atoms with van der Waals surface area (Å²) >= 11 is 0. The van der Waals surface area contributed by atoms with Crippen molar-refractivity contribution in [2.75, 3.05) is 13.7 Å². The predicted molar refractivity (Wildman–Crippen MR) is 77.1 cm³/mol. The third kappa shape index (κ3) is 2.87. The number of nitrogens with one attached hydrogen (secondary N) is 1. The number of nitrogens with zero attached hydrogens (tertiary/aromatic N) is 1. The predicted octanol–water partition coefficient (Wildman–Crippen LogP) is 2.09. The van der Waals surface area contributed by atoms with E-state index < -0.39 is 0 Å². The maximum atomic E-state index is 11.3. The van der Waals surface area contributed by atoms with Crippen LogP contribution in [0.4, 0.5) is 0 Å². The van der Waals surface area contributed by atoms with Gasteiger partial charge in [0.2, 0.25) is 0 Å². The summed E-state index contributed by atoms with van der Waals surface area (Å²) in [6.45, 7) is 1.24. The molecule has 0 aliphatic carbocycles. The summed E-state index contributed by atoms with van der Waals surface area (Å²) in [7, 11) is 1.36. The van der Waals surface area contributed by atoms with E-state index in [0.717, 1.165) is 11.4 Å². The van der Waals surface area contributed by atoms with Crippen LogP contribution in [0.1, 0.15) is 27.7 Å². The van der Waals surface area contributed by atoms with Crippen LogP contribution in [0.15, 0.2) is 42.6 Å². The Balaban J connectivity index is 1.62. The quantitative estimate of drug-likeness (QED) is 0.871. The van der Waals surface area contributed by atoms with Gasteiger partial charge in [0.25, 0.3) is 0 Å². The number of rotatable bonds is 4. The van der Waals surface area contributed by atoms with Crippen LogP contribution in [0.2, 0.25) is 0 Å². The third-order valence-corrected chi connectivity index (χ3v) is 3.48. The zero-order valence-electron chi connectivity index (χ0n) is 11.7. The molecule has 0 saturated carbocycles. The highest BCUT2D eigenvalue weighted by atomic mass is 16.5. The first-order valence-corrected chi connectivity index (χ1v) is 6.76. The molecule has 1 aliphatic rings. The lowest BCUT2D eigenvalue weighted by molar-refractivity contribution is 0.0600. The molecule has 0 saturated heterocycles. The largest absolute Gasteiger partial charge is 0.491 e. The number of aromatic nitrogens is 1. The number of carbonyl (C=O) groups excluding carboxylic acids is 1. The summed E-state index contributed by atoms with van der Waals surface area (Å²) in [5, 5.41) is 3.41. The Hall–Kier alpha value is -2.40. The molecule has 1 aromatic carbocycles. The molecule has 1 N–H and O–H groups in total. The number of benzene rings is 1. The molecule has 0 bridgehead atoms. The van der Waals surface area contributed by atoms with Gasteiger partial charge in [-0.2, -0.15) is 0 Å². The molecule has 0 spiro atoms. The van der Waals surface area contributed by atoms with E-state index in [9.17, 15) is 4.79 Å². The van der Waals surface area contributed by atoms with Gasteiger partial charge in [0.05, 0.1) is 24.4 Å². The number of hydrogen-bond acceptors (Lipinski definition) is 5. The molecule has 2 heterocycles. The normalized spacial score (nSPS) is 16.1. The molecule has 1 atom stereocenters. The summed E-state index contributed by atoms with van der Waals surface area (Å²) in [5.41, 5.74) is 2.49. The van der Waals surface area contributed by atoms with Gasteiger partial charge in [-0.1, -0.05) is 18.2 Å². The van der Waals surface area contributed by atoms with Crippen LogP contribution in [0.3, 0.4) is 0 Å². The fourth-order valence-corrected chi connectivity index (χ4v) is 2.33. The fourth-order valence-electron chi connectivity index (χ4n) is 2.33. The van der Waals surface area contributed by atoms with E-state index in [1.807, 2.05) is 24.3 Å². The standard InChI is InChI=1S/C16H16N2O3/c1-20-16(19)11-6-7-12(17-8-11)9-18-14-10-21-15-5-3-2-4-13(14)15/h2-8,14,18H,9-10H2,1H3. The Morgan fingerprint density at radius 3 is 3.00 bits per heavy atom. The Bertz CT molecular complexity index is 640. The molecular weight excluding hydrogens is 268 g/mol. The Morgan fingerprint density at radius 1 is 1.38 bits per heavy atom. The van der Waals surface area contributed by atoms with Gasteiger partial charge >= 0.3 is 5.97 Å². The minimum Gasteiger partial charge on any atom is -0.491 e. The zero-order chi connectivity index (χ0) is 14.7. The number of fused-ring (bicyclic) bond motifs is 1. The smallest absolute Gasteiger partial charge is 0.339 e. The lowest BCUT2D eigenvalue weighted by Gasteiger charge is -2.11. The van der Waals surface area contributed by atoms with Crippen molar-refractivity contribution < 1.29 is 14.3 Å². The highest BCUT2D eigenvalue weighted by Gasteiger charge is 2.22. The summed E-state index contributed by atoms with van der Waals surface area (Å²) in [4.78, 5) is 15.6. The van der Waals surface area contributed by atoms with Gasteiger partial charge in [0.1, 0.15) is 12.4 Å². The van der Waals surface area contributed by atoms with Crippen LogP contribution < -0.4 is 10.1 Å². The molecule has 2 aromatic rings. The number of para-hydroxylation sites is 1. The highest BCUT2D eigenvalue weighted by molar-refractivity contribution is 5.88. The second-order valence-corrected chi connectivity index (χ2v) is 4.81. The minimum absolute atomic E-state index is 0.170. The lowest BCUT2D eigenvalue weighted by atomic mass is 10.1. The third-order valence-electron chi connectivity index (χ3n) is 3.48. The number of carbonyl (C=O) groups is 1. The molecule has 21 heavy (non-hydrogen) atoms. The van der Waals surface area contributed by atoms with Crippen molar-refractivity contribution >= 4 is 5.97 Å². The first-order valence-electron chi connectivity index (χ1n) is 6.76. The maximum Gasteiger partial charge on any atom is 0.339 e. The number of methoxy groups -OCH3 is 1. The van der Waals surface area contributed by atoms with Crippen LogP contribution in [-0.2, 0) is 11.3 Å². The Morgan fingerprint density at radius 2 is 2.24 bits per heavy atom. The van der Waals surface area contributed by atoms with Crippen LogP contribution in [0, 0.1) is 0 Å².